The number of carbonyl (C=O) groups excluding carboxylic acids is 1. The molecule has 0 saturated carbocycles. The third-order valence-corrected chi connectivity index (χ3v) is 3.33. The molecule has 1 unspecified atom stereocenters. The van der Waals surface area contributed by atoms with Gasteiger partial charge in [0.25, 0.3) is 5.91 Å². The normalized spacial score (nSPS) is 11.9. The van der Waals surface area contributed by atoms with E-state index in [9.17, 15) is 4.79 Å². The fourth-order valence-electron chi connectivity index (χ4n) is 1.98. The number of carbonyl (C=O) groups is 1. The highest BCUT2D eigenvalue weighted by atomic mass is 16.1. The molecule has 2 aromatic rings. The van der Waals surface area contributed by atoms with Crippen LogP contribution in [-0.2, 0) is 0 Å². The van der Waals surface area contributed by atoms with Crippen molar-refractivity contribution in [1.82, 2.24) is 10.3 Å². The first-order valence-corrected chi connectivity index (χ1v) is 6.37. The Labute approximate surface area is 113 Å². The number of hydrogen-bond acceptors (Lipinski definition) is 2. The predicted octanol–water partition coefficient (Wildman–Crippen LogP) is 3.19. The van der Waals surface area contributed by atoms with Gasteiger partial charge in [-0.2, -0.15) is 0 Å². The van der Waals surface area contributed by atoms with E-state index in [-0.39, 0.29) is 11.9 Å². The zero-order chi connectivity index (χ0) is 13.8. The predicted molar refractivity (Wildman–Crippen MR) is 76.0 cm³/mol. The lowest BCUT2D eigenvalue weighted by Crippen LogP contribution is -2.27. The van der Waals surface area contributed by atoms with Gasteiger partial charge in [-0.05, 0) is 50.1 Å². The first kappa shape index (κ1) is 13.3. The average molecular weight is 254 g/mol. The average Bonchev–Trinajstić information content (AvgIpc) is 2.42. The lowest BCUT2D eigenvalue weighted by atomic mass is 10.0. The summed E-state index contributed by atoms with van der Waals surface area (Å²) < 4.78 is 0. The third kappa shape index (κ3) is 2.99. The summed E-state index contributed by atoms with van der Waals surface area (Å²) in [6.07, 6.45) is 1.73. The minimum absolute atomic E-state index is 0.0562. The fourth-order valence-corrected chi connectivity index (χ4v) is 1.98. The van der Waals surface area contributed by atoms with Crippen LogP contribution >= 0.6 is 0 Å². The van der Waals surface area contributed by atoms with Gasteiger partial charge in [0.2, 0.25) is 0 Å². The molecule has 1 aromatic heterocycles. The van der Waals surface area contributed by atoms with Crippen molar-refractivity contribution in [2.24, 2.45) is 0 Å². The molecule has 1 amide bonds. The summed E-state index contributed by atoms with van der Waals surface area (Å²) in [4.78, 5) is 16.5. The lowest BCUT2D eigenvalue weighted by molar-refractivity contribution is 0.0938. The zero-order valence-electron chi connectivity index (χ0n) is 11.5. The van der Waals surface area contributed by atoms with E-state index in [1.807, 2.05) is 57.2 Å². The molecule has 0 spiro atoms. The zero-order valence-corrected chi connectivity index (χ0v) is 11.5. The molecule has 2 rings (SSSR count). The van der Waals surface area contributed by atoms with Crippen molar-refractivity contribution >= 4 is 5.91 Å². The van der Waals surface area contributed by atoms with Crippen LogP contribution in [0.2, 0.25) is 0 Å². The number of aromatic nitrogens is 1. The maximum Gasteiger partial charge on any atom is 0.252 e. The first-order chi connectivity index (χ1) is 9.09. The van der Waals surface area contributed by atoms with Crippen LogP contribution in [0.3, 0.4) is 0 Å². The van der Waals surface area contributed by atoms with Crippen molar-refractivity contribution in [1.29, 1.82) is 0 Å². The van der Waals surface area contributed by atoms with Gasteiger partial charge in [0.05, 0.1) is 11.7 Å². The Morgan fingerprint density at radius 2 is 1.95 bits per heavy atom. The molecular weight excluding hydrogens is 236 g/mol. The van der Waals surface area contributed by atoms with Crippen molar-refractivity contribution in [2.75, 3.05) is 0 Å². The molecule has 19 heavy (non-hydrogen) atoms. The SMILES string of the molecule is Cc1cccc(C(=O)NC(C)c2ccccn2)c1C. The van der Waals surface area contributed by atoms with E-state index in [0.717, 1.165) is 22.4 Å². The van der Waals surface area contributed by atoms with Gasteiger partial charge in [0, 0.05) is 11.8 Å². The molecule has 1 heterocycles. The monoisotopic (exact) mass is 254 g/mol. The Bertz CT molecular complexity index is 579. The number of nitrogens with one attached hydrogen (secondary N) is 1. The second kappa shape index (κ2) is 5.65. The molecule has 0 aliphatic carbocycles. The van der Waals surface area contributed by atoms with Gasteiger partial charge in [-0.3, -0.25) is 9.78 Å². The Balaban J connectivity index is 2.16. The minimum atomic E-state index is -0.103. The van der Waals surface area contributed by atoms with Crippen molar-refractivity contribution < 1.29 is 4.79 Å². The Morgan fingerprint density at radius 3 is 2.63 bits per heavy atom. The number of pyridine rings is 1. The smallest absolute Gasteiger partial charge is 0.252 e. The van der Waals surface area contributed by atoms with Crippen molar-refractivity contribution in [3.05, 3.63) is 65.0 Å². The third-order valence-electron chi connectivity index (χ3n) is 3.33. The van der Waals surface area contributed by atoms with Gasteiger partial charge in [0.15, 0.2) is 0 Å². The standard InChI is InChI=1S/C16H18N2O/c1-11-7-6-8-14(12(11)2)16(19)18-13(3)15-9-4-5-10-17-15/h4-10,13H,1-3H3,(H,18,19). The van der Waals surface area contributed by atoms with Crippen LogP contribution in [0.1, 0.15) is 40.1 Å². The van der Waals surface area contributed by atoms with Crippen LogP contribution in [-0.4, -0.2) is 10.9 Å². The van der Waals surface area contributed by atoms with Crippen LogP contribution in [0, 0.1) is 13.8 Å². The number of benzene rings is 1. The molecule has 0 fully saturated rings. The Morgan fingerprint density at radius 1 is 1.16 bits per heavy atom. The molecule has 0 aliphatic rings. The molecule has 3 heteroatoms. The van der Waals surface area contributed by atoms with E-state index in [2.05, 4.69) is 10.3 Å². The summed E-state index contributed by atoms with van der Waals surface area (Å²) in [5.41, 5.74) is 3.73. The number of hydrogen-bond donors (Lipinski definition) is 1. The highest BCUT2D eigenvalue weighted by Gasteiger charge is 2.14. The van der Waals surface area contributed by atoms with Gasteiger partial charge in [-0.25, -0.2) is 0 Å². The Kier molecular flexibility index (Phi) is 3.95. The second-order valence-electron chi connectivity index (χ2n) is 4.70. The van der Waals surface area contributed by atoms with Crippen LogP contribution in [0.5, 0.6) is 0 Å². The fraction of sp³-hybridized carbons (Fsp3) is 0.250. The summed E-state index contributed by atoms with van der Waals surface area (Å²) in [5.74, 6) is -0.0562. The van der Waals surface area contributed by atoms with E-state index in [0.29, 0.717) is 0 Å². The summed E-state index contributed by atoms with van der Waals surface area (Å²) >= 11 is 0. The quantitative estimate of drug-likeness (QED) is 0.914. The summed E-state index contributed by atoms with van der Waals surface area (Å²) in [6, 6.07) is 11.4. The molecule has 0 bridgehead atoms. The molecule has 0 saturated heterocycles. The second-order valence-corrected chi connectivity index (χ2v) is 4.70. The van der Waals surface area contributed by atoms with Gasteiger partial charge < -0.3 is 5.32 Å². The number of rotatable bonds is 3. The number of amides is 1. The van der Waals surface area contributed by atoms with Gasteiger partial charge in [-0.1, -0.05) is 18.2 Å². The van der Waals surface area contributed by atoms with Crippen LogP contribution < -0.4 is 5.32 Å². The molecule has 0 aliphatic heterocycles. The van der Waals surface area contributed by atoms with Crippen molar-refractivity contribution in [3.8, 4) is 0 Å². The largest absolute Gasteiger partial charge is 0.344 e. The van der Waals surface area contributed by atoms with E-state index in [1.54, 1.807) is 6.20 Å². The number of aryl methyl sites for hydroxylation is 1. The molecular formula is C16H18N2O. The van der Waals surface area contributed by atoms with Crippen molar-refractivity contribution in [3.63, 3.8) is 0 Å². The van der Waals surface area contributed by atoms with Gasteiger partial charge in [0.1, 0.15) is 0 Å². The molecule has 1 atom stereocenters. The summed E-state index contributed by atoms with van der Waals surface area (Å²) in [7, 11) is 0. The minimum Gasteiger partial charge on any atom is -0.344 e. The lowest BCUT2D eigenvalue weighted by Gasteiger charge is -2.15. The van der Waals surface area contributed by atoms with Gasteiger partial charge in [-0.15, -0.1) is 0 Å². The topological polar surface area (TPSA) is 42.0 Å². The van der Waals surface area contributed by atoms with E-state index in [4.69, 9.17) is 0 Å². The van der Waals surface area contributed by atoms with Crippen LogP contribution in [0.4, 0.5) is 0 Å². The first-order valence-electron chi connectivity index (χ1n) is 6.37. The molecule has 0 radical (unpaired) electrons. The Hall–Kier alpha value is -2.16. The van der Waals surface area contributed by atoms with E-state index < -0.39 is 0 Å². The molecule has 98 valence electrons. The molecule has 1 N–H and O–H groups in total. The summed E-state index contributed by atoms with van der Waals surface area (Å²) in [5, 5.41) is 2.98. The number of nitrogens with zero attached hydrogens (tertiary/aromatic N) is 1. The van der Waals surface area contributed by atoms with Crippen molar-refractivity contribution in [2.45, 2.75) is 26.8 Å². The van der Waals surface area contributed by atoms with Gasteiger partial charge >= 0.3 is 0 Å². The van der Waals surface area contributed by atoms with Crippen LogP contribution in [0.25, 0.3) is 0 Å². The molecule has 3 nitrogen and oxygen atoms in total. The van der Waals surface area contributed by atoms with E-state index >= 15 is 0 Å². The summed E-state index contributed by atoms with van der Waals surface area (Å²) in [6.45, 7) is 5.91. The highest BCUT2D eigenvalue weighted by molar-refractivity contribution is 5.96. The maximum atomic E-state index is 12.3. The highest BCUT2D eigenvalue weighted by Crippen LogP contribution is 2.15. The maximum absolute atomic E-state index is 12.3. The van der Waals surface area contributed by atoms with Crippen LogP contribution in [0.15, 0.2) is 42.6 Å². The van der Waals surface area contributed by atoms with E-state index in [1.165, 1.54) is 0 Å². The molecule has 1 aromatic carbocycles.